The van der Waals surface area contributed by atoms with E-state index in [1.54, 1.807) is 30.5 Å². The maximum Gasteiger partial charge on any atom is 0.326 e. The van der Waals surface area contributed by atoms with Crippen LogP contribution in [-0.2, 0) is 36.8 Å². The van der Waals surface area contributed by atoms with Crippen molar-refractivity contribution in [3.05, 3.63) is 54.1 Å². The van der Waals surface area contributed by atoms with Crippen molar-refractivity contribution in [3.63, 3.8) is 0 Å². The van der Waals surface area contributed by atoms with Gasteiger partial charge in [0.15, 0.2) is 0 Å². The first-order chi connectivity index (χ1) is 18.5. The summed E-state index contributed by atoms with van der Waals surface area (Å²) >= 11 is 0. The second kappa shape index (κ2) is 15.2. The molecule has 13 nitrogen and oxygen atoms in total. The van der Waals surface area contributed by atoms with Crippen molar-refractivity contribution in [2.45, 2.75) is 70.1 Å². The molecule has 212 valence electrons. The number of carbonyl (C=O) groups excluding carboxylic acids is 4. The van der Waals surface area contributed by atoms with Gasteiger partial charge in [0.05, 0.1) is 12.4 Å². The molecule has 4 amide bonds. The minimum atomic E-state index is -1.36. The Morgan fingerprint density at radius 1 is 0.923 bits per heavy atom. The summed E-state index contributed by atoms with van der Waals surface area (Å²) in [6.07, 6.45) is 3.08. The van der Waals surface area contributed by atoms with Crippen molar-refractivity contribution in [1.82, 2.24) is 25.9 Å². The molecular weight excluding hydrogens is 506 g/mol. The van der Waals surface area contributed by atoms with Crippen LogP contribution in [0, 0.1) is 5.92 Å². The Hall–Kier alpha value is -4.26. The predicted octanol–water partition coefficient (Wildman–Crippen LogP) is -0.627. The molecule has 0 spiro atoms. The minimum Gasteiger partial charge on any atom is -0.480 e. The summed E-state index contributed by atoms with van der Waals surface area (Å²) in [5, 5.41) is 17.2. The van der Waals surface area contributed by atoms with E-state index in [4.69, 9.17) is 11.5 Å². The van der Waals surface area contributed by atoms with Crippen LogP contribution in [0.25, 0.3) is 0 Å². The number of hydrogen-bond acceptors (Lipinski definition) is 7. The summed E-state index contributed by atoms with van der Waals surface area (Å²) in [6.45, 7) is 3.68. The fourth-order valence-corrected chi connectivity index (χ4v) is 3.86. The number of imidazole rings is 1. The molecule has 4 atom stereocenters. The number of carboxylic acids is 1. The van der Waals surface area contributed by atoms with Crippen molar-refractivity contribution < 1.29 is 29.1 Å². The van der Waals surface area contributed by atoms with Crippen molar-refractivity contribution in [3.8, 4) is 0 Å². The summed E-state index contributed by atoms with van der Waals surface area (Å²) in [6, 6.07) is 4.51. The van der Waals surface area contributed by atoms with Crippen LogP contribution >= 0.6 is 0 Å². The van der Waals surface area contributed by atoms with E-state index in [0.29, 0.717) is 5.69 Å². The largest absolute Gasteiger partial charge is 0.480 e. The molecule has 4 unspecified atom stereocenters. The lowest BCUT2D eigenvalue weighted by Crippen LogP contribution is -2.58. The molecule has 9 N–H and O–H groups in total. The number of nitrogens with zero attached hydrogens (tertiary/aromatic N) is 1. The van der Waals surface area contributed by atoms with Gasteiger partial charge in [0.2, 0.25) is 23.6 Å². The zero-order chi connectivity index (χ0) is 28.9. The number of carbonyl (C=O) groups is 5. The van der Waals surface area contributed by atoms with Crippen molar-refractivity contribution in [2.75, 3.05) is 0 Å². The van der Waals surface area contributed by atoms with Crippen LogP contribution in [0.1, 0.15) is 44.4 Å². The Labute approximate surface area is 226 Å². The van der Waals surface area contributed by atoms with Crippen molar-refractivity contribution in [1.29, 1.82) is 0 Å². The van der Waals surface area contributed by atoms with Gasteiger partial charge in [0.25, 0.3) is 0 Å². The van der Waals surface area contributed by atoms with E-state index in [1.807, 2.05) is 19.9 Å². The topological polar surface area (TPSA) is 222 Å². The van der Waals surface area contributed by atoms with Gasteiger partial charge in [0.1, 0.15) is 18.1 Å². The molecule has 13 heteroatoms. The molecule has 0 fully saturated rings. The first-order valence-electron chi connectivity index (χ1n) is 12.6. The van der Waals surface area contributed by atoms with Gasteiger partial charge in [-0.3, -0.25) is 19.2 Å². The van der Waals surface area contributed by atoms with Gasteiger partial charge in [0, 0.05) is 31.2 Å². The van der Waals surface area contributed by atoms with Gasteiger partial charge < -0.3 is 37.5 Å². The van der Waals surface area contributed by atoms with E-state index in [0.717, 1.165) is 5.56 Å². The fourth-order valence-electron chi connectivity index (χ4n) is 3.86. The molecule has 2 rings (SSSR count). The molecule has 0 aliphatic rings. The normalized spacial score (nSPS) is 14.1. The summed E-state index contributed by atoms with van der Waals surface area (Å²) in [7, 11) is 0. The lowest BCUT2D eigenvalue weighted by molar-refractivity contribution is -0.142. The van der Waals surface area contributed by atoms with Crippen LogP contribution in [0.15, 0.2) is 42.9 Å². The molecule has 0 aliphatic heterocycles. The number of nitrogens with two attached hydrogens (primary N) is 2. The number of aromatic amines is 1. The highest BCUT2D eigenvalue weighted by atomic mass is 16.4. The zero-order valence-electron chi connectivity index (χ0n) is 22.1. The number of amides is 4. The Balaban J connectivity index is 2.19. The van der Waals surface area contributed by atoms with Gasteiger partial charge in [-0.2, -0.15) is 0 Å². The Kier molecular flexibility index (Phi) is 12.1. The number of benzene rings is 1. The van der Waals surface area contributed by atoms with Gasteiger partial charge in [-0.1, -0.05) is 44.2 Å². The second-order valence-corrected chi connectivity index (χ2v) is 9.73. The van der Waals surface area contributed by atoms with E-state index < -0.39 is 53.8 Å². The first kappa shape index (κ1) is 31.0. The molecule has 2 aromatic rings. The summed E-state index contributed by atoms with van der Waals surface area (Å²) in [5.41, 5.74) is 12.6. The van der Waals surface area contributed by atoms with Crippen LogP contribution < -0.4 is 27.4 Å². The van der Waals surface area contributed by atoms with Crippen molar-refractivity contribution in [2.24, 2.45) is 17.4 Å². The third kappa shape index (κ3) is 10.9. The highest BCUT2D eigenvalue weighted by Crippen LogP contribution is 2.10. The lowest BCUT2D eigenvalue weighted by atomic mass is 10.00. The second-order valence-electron chi connectivity index (χ2n) is 9.73. The molecule has 0 radical (unpaired) electrons. The highest BCUT2D eigenvalue weighted by molar-refractivity contribution is 5.94. The van der Waals surface area contributed by atoms with Crippen LogP contribution in [0.5, 0.6) is 0 Å². The Morgan fingerprint density at radius 3 is 2.10 bits per heavy atom. The van der Waals surface area contributed by atoms with E-state index in [-0.39, 0.29) is 38.0 Å². The number of rotatable bonds is 16. The maximum absolute atomic E-state index is 13.4. The van der Waals surface area contributed by atoms with Crippen LogP contribution in [-0.4, -0.2) is 68.8 Å². The number of carboxylic acid groups (broad SMARTS) is 1. The Bertz CT molecular complexity index is 1110. The number of hydrogen-bond donors (Lipinski definition) is 7. The monoisotopic (exact) mass is 543 g/mol. The molecule has 0 aliphatic carbocycles. The number of nitrogens with one attached hydrogen (secondary N) is 4. The lowest BCUT2D eigenvalue weighted by Gasteiger charge is -2.26. The quantitative estimate of drug-likeness (QED) is 0.144. The van der Waals surface area contributed by atoms with E-state index in [9.17, 15) is 29.1 Å². The van der Waals surface area contributed by atoms with Gasteiger partial charge in [-0.15, -0.1) is 0 Å². The standard InChI is InChI=1S/C26H37N7O6/c1-15(2)10-20(24(36)31-19(26(38)39)8-9-22(28)34)33-25(37)21(11-16-6-4-3-5-7-16)32-23(35)18(27)12-17-13-29-14-30-17/h3-7,13-15,18-21H,8-12,27H2,1-2H3,(H2,28,34)(H,29,30)(H,31,36)(H,32,35)(H,33,37)(H,38,39). The summed E-state index contributed by atoms with van der Waals surface area (Å²) in [4.78, 5) is 68.8. The number of H-pyrrole nitrogens is 1. The molecule has 0 bridgehead atoms. The third-order valence-electron chi connectivity index (χ3n) is 5.88. The van der Waals surface area contributed by atoms with Crippen molar-refractivity contribution >= 4 is 29.6 Å². The van der Waals surface area contributed by atoms with Gasteiger partial charge >= 0.3 is 5.97 Å². The number of primary amides is 1. The highest BCUT2D eigenvalue weighted by Gasteiger charge is 2.31. The fraction of sp³-hybridized carbons (Fsp3) is 0.462. The molecule has 39 heavy (non-hydrogen) atoms. The average molecular weight is 544 g/mol. The minimum absolute atomic E-state index is 0.0417. The van der Waals surface area contributed by atoms with E-state index >= 15 is 0 Å². The first-order valence-corrected chi connectivity index (χ1v) is 12.6. The third-order valence-corrected chi connectivity index (χ3v) is 5.88. The maximum atomic E-state index is 13.4. The Morgan fingerprint density at radius 2 is 1.54 bits per heavy atom. The number of aromatic nitrogens is 2. The SMILES string of the molecule is CC(C)CC(NC(=O)C(Cc1ccccc1)NC(=O)C(N)Cc1cnc[nH]1)C(=O)NC(CCC(N)=O)C(=O)O. The molecule has 1 aromatic heterocycles. The molecule has 1 heterocycles. The van der Waals surface area contributed by atoms with Gasteiger partial charge in [-0.05, 0) is 24.3 Å². The molecule has 0 saturated heterocycles. The van der Waals surface area contributed by atoms with Crippen LogP contribution in [0.4, 0.5) is 0 Å². The van der Waals surface area contributed by atoms with Gasteiger partial charge in [-0.25, -0.2) is 9.78 Å². The van der Waals surface area contributed by atoms with E-state index in [1.165, 1.54) is 6.33 Å². The molecular formula is C26H37N7O6. The molecule has 0 saturated carbocycles. The molecule has 1 aromatic carbocycles. The smallest absolute Gasteiger partial charge is 0.326 e. The average Bonchev–Trinajstić information content (AvgIpc) is 3.38. The van der Waals surface area contributed by atoms with Crippen LogP contribution in [0.3, 0.4) is 0 Å². The summed E-state index contributed by atoms with van der Waals surface area (Å²) in [5.74, 6) is -4.00. The zero-order valence-corrected chi connectivity index (χ0v) is 22.1. The summed E-state index contributed by atoms with van der Waals surface area (Å²) < 4.78 is 0. The van der Waals surface area contributed by atoms with Crippen LogP contribution in [0.2, 0.25) is 0 Å². The predicted molar refractivity (Wildman–Crippen MR) is 142 cm³/mol. The number of aliphatic carboxylic acids is 1. The van der Waals surface area contributed by atoms with E-state index in [2.05, 4.69) is 25.9 Å².